The van der Waals surface area contributed by atoms with E-state index in [-0.39, 0.29) is 28.7 Å². The number of fused-ring (bicyclic) bond motifs is 1. The molecule has 1 N–H and O–H groups in total. The summed E-state index contributed by atoms with van der Waals surface area (Å²) in [5, 5.41) is 3.78. The van der Waals surface area contributed by atoms with Crippen LogP contribution in [0.15, 0.2) is 28.2 Å². The number of nitrogens with one attached hydrogen (secondary N) is 1. The number of hydrogen-bond donors (Lipinski definition) is 1. The molecular formula is C20H27N3O4S. The van der Waals surface area contributed by atoms with E-state index in [4.69, 9.17) is 4.74 Å². The van der Waals surface area contributed by atoms with E-state index in [0.717, 1.165) is 0 Å². The molecule has 0 spiro atoms. The van der Waals surface area contributed by atoms with Gasteiger partial charge in [0.1, 0.15) is 0 Å². The molecule has 1 aromatic carbocycles. The Morgan fingerprint density at radius 3 is 2.54 bits per heavy atom. The van der Waals surface area contributed by atoms with E-state index >= 15 is 0 Å². The number of carbonyl (C=O) groups is 2. The molecule has 28 heavy (non-hydrogen) atoms. The second kappa shape index (κ2) is 8.77. The molecule has 0 saturated carbocycles. The number of rotatable bonds is 6. The molecule has 0 saturated heterocycles. The van der Waals surface area contributed by atoms with Crippen LogP contribution in [0.3, 0.4) is 0 Å². The van der Waals surface area contributed by atoms with E-state index in [0.29, 0.717) is 28.2 Å². The number of methoxy groups -OCH3 is 1. The summed E-state index contributed by atoms with van der Waals surface area (Å²) < 4.78 is 6.34. The van der Waals surface area contributed by atoms with Crippen LogP contribution in [0.5, 0.6) is 0 Å². The predicted molar refractivity (Wildman–Crippen MR) is 111 cm³/mol. The van der Waals surface area contributed by atoms with Gasteiger partial charge in [-0.3, -0.25) is 14.2 Å². The first-order valence-corrected chi connectivity index (χ1v) is 10.1. The summed E-state index contributed by atoms with van der Waals surface area (Å²) >= 11 is 1.21. The average Bonchev–Trinajstić information content (AvgIpc) is 2.59. The first-order valence-electron chi connectivity index (χ1n) is 9.08. The van der Waals surface area contributed by atoms with Gasteiger partial charge in [-0.2, -0.15) is 0 Å². The van der Waals surface area contributed by atoms with Crippen molar-refractivity contribution in [3.05, 3.63) is 34.1 Å². The van der Waals surface area contributed by atoms with Gasteiger partial charge < -0.3 is 10.1 Å². The molecule has 0 bridgehead atoms. The second-order valence-corrected chi connectivity index (χ2v) is 8.96. The average molecular weight is 406 g/mol. The van der Waals surface area contributed by atoms with Gasteiger partial charge in [-0.25, -0.2) is 9.78 Å². The monoisotopic (exact) mass is 405 g/mol. The lowest BCUT2D eigenvalue weighted by Gasteiger charge is -2.20. The number of nitrogens with zero attached hydrogens (tertiary/aromatic N) is 2. The maximum atomic E-state index is 13.0. The third-order valence-corrected chi connectivity index (χ3v) is 4.71. The van der Waals surface area contributed by atoms with E-state index in [1.165, 1.54) is 18.9 Å². The Morgan fingerprint density at radius 2 is 1.96 bits per heavy atom. The molecule has 0 aliphatic heterocycles. The van der Waals surface area contributed by atoms with Crippen LogP contribution in [0.25, 0.3) is 10.9 Å². The standard InChI is InChI=1S/C20H27N3O4S/c1-12(2)10-23-17(25)14-8-7-13(18(26)27-6)9-15(14)21-19(23)28-11-16(24)22-20(3,4)5/h7-9,12H,10-11H2,1-6H3,(H,22,24). The summed E-state index contributed by atoms with van der Waals surface area (Å²) in [4.78, 5) is 41.6. The third kappa shape index (κ3) is 5.58. The van der Waals surface area contributed by atoms with Crippen molar-refractivity contribution in [2.75, 3.05) is 12.9 Å². The second-order valence-electron chi connectivity index (χ2n) is 8.01. The highest BCUT2D eigenvalue weighted by Crippen LogP contribution is 2.20. The molecule has 0 atom stereocenters. The van der Waals surface area contributed by atoms with Crippen LogP contribution in [0.1, 0.15) is 45.0 Å². The Labute approximate surface area is 168 Å². The summed E-state index contributed by atoms with van der Waals surface area (Å²) in [6.07, 6.45) is 0. The topological polar surface area (TPSA) is 90.3 Å². The van der Waals surface area contributed by atoms with Crippen molar-refractivity contribution in [2.24, 2.45) is 5.92 Å². The lowest BCUT2D eigenvalue weighted by atomic mass is 10.1. The lowest BCUT2D eigenvalue weighted by molar-refractivity contribution is -0.119. The van der Waals surface area contributed by atoms with Gasteiger partial charge in [0.25, 0.3) is 5.56 Å². The first kappa shape index (κ1) is 21.9. The van der Waals surface area contributed by atoms with Gasteiger partial charge >= 0.3 is 5.97 Å². The Hall–Kier alpha value is -2.35. The number of thioether (sulfide) groups is 1. The molecule has 0 aliphatic carbocycles. The van der Waals surface area contributed by atoms with Gasteiger partial charge in [-0.1, -0.05) is 25.6 Å². The Kier molecular flexibility index (Phi) is 6.87. The molecule has 7 nitrogen and oxygen atoms in total. The minimum atomic E-state index is -0.492. The number of amides is 1. The van der Waals surface area contributed by atoms with Crippen LogP contribution in [-0.4, -0.2) is 39.8 Å². The largest absolute Gasteiger partial charge is 0.465 e. The van der Waals surface area contributed by atoms with Gasteiger partial charge in [0.2, 0.25) is 5.91 Å². The van der Waals surface area contributed by atoms with E-state index in [1.807, 2.05) is 34.6 Å². The molecule has 0 radical (unpaired) electrons. The van der Waals surface area contributed by atoms with Crippen LogP contribution in [-0.2, 0) is 16.1 Å². The van der Waals surface area contributed by atoms with E-state index in [1.54, 1.807) is 22.8 Å². The van der Waals surface area contributed by atoms with E-state index < -0.39 is 5.97 Å². The highest BCUT2D eigenvalue weighted by Gasteiger charge is 2.18. The minimum Gasteiger partial charge on any atom is -0.465 e. The quantitative estimate of drug-likeness (QED) is 0.451. The molecule has 1 aromatic heterocycles. The van der Waals surface area contributed by atoms with Crippen LogP contribution in [0.2, 0.25) is 0 Å². The van der Waals surface area contributed by atoms with Crippen molar-refractivity contribution in [1.82, 2.24) is 14.9 Å². The number of ether oxygens (including phenoxy) is 1. The molecular weight excluding hydrogens is 378 g/mol. The van der Waals surface area contributed by atoms with Crippen molar-refractivity contribution < 1.29 is 14.3 Å². The van der Waals surface area contributed by atoms with Crippen LogP contribution in [0.4, 0.5) is 0 Å². The van der Waals surface area contributed by atoms with Crippen molar-refractivity contribution in [1.29, 1.82) is 0 Å². The fourth-order valence-corrected chi connectivity index (χ4v) is 3.47. The Morgan fingerprint density at radius 1 is 1.29 bits per heavy atom. The maximum Gasteiger partial charge on any atom is 0.337 e. The number of benzene rings is 1. The summed E-state index contributed by atoms with van der Waals surface area (Å²) in [5.74, 6) is -0.251. The van der Waals surface area contributed by atoms with Gasteiger partial charge in [-0.15, -0.1) is 0 Å². The Bertz CT molecular complexity index is 945. The van der Waals surface area contributed by atoms with Crippen molar-refractivity contribution in [2.45, 2.75) is 51.9 Å². The molecule has 0 aliphatic rings. The molecule has 2 aromatic rings. The van der Waals surface area contributed by atoms with Crippen molar-refractivity contribution in [3.8, 4) is 0 Å². The zero-order valence-electron chi connectivity index (χ0n) is 17.2. The third-order valence-electron chi connectivity index (χ3n) is 3.74. The summed E-state index contributed by atoms with van der Waals surface area (Å²) in [5.41, 5.74) is 0.215. The molecule has 152 valence electrons. The summed E-state index contributed by atoms with van der Waals surface area (Å²) in [6, 6.07) is 4.69. The zero-order chi connectivity index (χ0) is 21.1. The lowest BCUT2D eigenvalue weighted by Crippen LogP contribution is -2.41. The van der Waals surface area contributed by atoms with Gasteiger partial charge in [0, 0.05) is 12.1 Å². The fraction of sp³-hybridized carbons (Fsp3) is 0.500. The highest BCUT2D eigenvalue weighted by atomic mass is 32.2. The first-order chi connectivity index (χ1) is 13.0. The smallest absolute Gasteiger partial charge is 0.337 e. The normalized spacial score (nSPS) is 11.7. The molecule has 0 fully saturated rings. The van der Waals surface area contributed by atoms with Crippen LogP contribution < -0.4 is 10.9 Å². The number of aromatic nitrogens is 2. The van der Waals surface area contributed by atoms with Crippen LogP contribution >= 0.6 is 11.8 Å². The molecule has 1 heterocycles. The molecule has 1 amide bonds. The maximum absolute atomic E-state index is 13.0. The van der Waals surface area contributed by atoms with Crippen molar-refractivity contribution in [3.63, 3.8) is 0 Å². The zero-order valence-corrected chi connectivity index (χ0v) is 18.0. The molecule has 8 heteroatoms. The number of hydrogen-bond acceptors (Lipinski definition) is 6. The van der Waals surface area contributed by atoms with Gasteiger partial charge in [0.05, 0.1) is 29.3 Å². The van der Waals surface area contributed by atoms with Crippen LogP contribution in [0, 0.1) is 5.92 Å². The number of carbonyl (C=O) groups excluding carboxylic acids is 2. The van der Waals surface area contributed by atoms with Gasteiger partial charge in [-0.05, 0) is 44.9 Å². The van der Waals surface area contributed by atoms with Gasteiger partial charge in [0.15, 0.2) is 5.16 Å². The summed E-state index contributed by atoms with van der Waals surface area (Å²) in [6.45, 7) is 10.2. The number of esters is 1. The van der Waals surface area contributed by atoms with E-state index in [2.05, 4.69) is 10.3 Å². The minimum absolute atomic E-state index is 0.133. The Balaban J connectivity index is 2.46. The van der Waals surface area contributed by atoms with Crippen molar-refractivity contribution >= 4 is 34.5 Å². The highest BCUT2D eigenvalue weighted by molar-refractivity contribution is 7.99. The summed E-state index contributed by atoms with van der Waals surface area (Å²) in [7, 11) is 1.30. The molecule has 2 rings (SSSR count). The molecule has 0 unspecified atom stereocenters. The SMILES string of the molecule is COC(=O)c1ccc2c(=O)n(CC(C)C)c(SCC(=O)NC(C)(C)C)nc2c1. The predicted octanol–water partition coefficient (Wildman–Crippen LogP) is 2.85. The van der Waals surface area contributed by atoms with E-state index in [9.17, 15) is 14.4 Å². The fourth-order valence-electron chi connectivity index (χ4n) is 2.67.